The summed E-state index contributed by atoms with van der Waals surface area (Å²) in [5, 5.41) is 13.0. The van der Waals surface area contributed by atoms with Crippen LogP contribution in [0.2, 0.25) is 0 Å². The molecule has 2 aliphatic rings. The van der Waals surface area contributed by atoms with Gasteiger partial charge in [-0.2, -0.15) is 0 Å². The predicted molar refractivity (Wildman–Crippen MR) is 100 cm³/mol. The molecule has 128 valence electrons. The highest BCUT2D eigenvalue weighted by Gasteiger charge is 2.38. The van der Waals surface area contributed by atoms with Crippen LogP contribution in [0.4, 0.5) is 5.69 Å². The standard InChI is InChI=1S/C22H23NO2/c1-13(2)14-6-8-15(9-7-14)21-18-5-3-4-17(18)19-12-16(22(24)25)10-11-20(19)23-21/h3-4,6-13,17-18,21,23H,5H2,1-2H3,(H,24,25)/t17-,18+,21+/m1/s1. The molecule has 1 aliphatic carbocycles. The van der Waals surface area contributed by atoms with Gasteiger partial charge in [0, 0.05) is 11.6 Å². The third-order valence-electron chi connectivity index (χ3n) is 5.57. The molecule has 3 nitrogen and oxygen atoms in total. The molecule has 0 aromatic heterocycles. The van der Waals surface area contributed by atoms with Gasteiger partial charge >= 0.3 is 5.97 Å². The van der Waals surface area contributed by atoms with Gasteiger partial charge in [0.15, 0.2) is 0 Å². The average Bonchev–Trinajstić information content (AvgIpc) is 3.10. The number of carboxylic acids is 1. The number of benzene rings is 2. The molecule has 3 heteroatoms. The number of nitrogens with one attached hydrogen (secondary N) is 1. The van der Waals surface area contributed by atoms with E-state index in [4.69, 9.17) is 0 Å². The van der Waals surface area contributed by atoms with Gasteiger partial charge in [-0.3, -0.25) is 0 Å². The van der Waals surface area contributed by atoms with Crippen molar-refractivity contribution >= 4 is 11.7 Å². The number of anilines is 1. The average molecular weight is 333 g/mol. The van der Waals surface area contributed by atoms with Gasteiger partial charge in [0.2, 0.25) is 0 Å². The topological polar surface area (TPSA) is 49.3 Å². The summed E-state index contributed by atoms with van der Waals surface area (Å²) < 4.78 is 0. The number of rotatable bonds is 3. The van der Waals surface area contributed by atoms with E-state index in [2.05, 4.69) is 55.6 Å². The van der Waals surface area contributed by atoms with Crippen LogP contribution < -0.4 is 5.32 Å². The second-order valence-corrected chi connectivity index (χ2v) is 7.40. The van der Waals surface area contributed by atoms with Gasteiger partial charge in [0.1, 0.15) is 0 Å². The molecule has 0 saturated heterocycles. The molecular weight excluding hydrogens is 310 g/mol. The molecule has 0 amide bonds. The molecule has 0 unspecified atom stereocenters. The molecule has 0 spiro atoms. The molecule has 0 fully saturated rings. The van der Waals surface area contributed by atoms with Crippen LogP contribution in [0.25, 0.3) is 0 Å². The minimum absolute atomic E-state index is 0.254. The smallest absolute Gasteiger partial charge is 0.335 e. The Morgan fingerprint density at radius 1 is 1.16 bits per heavy atom. The first kappa shape index (κ1) is 15.9. The first-order valence-electron chi connectivity index (χ1n) is 8.95. The minimum atomic E-state index is -0.868. The Morgan fingerprint density at radius 3 is 2.60 bits per heavy atom. The summed E-state index contributed by atoms with van der Waals surface area (Å²) in [6.07, 6.45) is 5.49. The predicted octanol–water partition coefficient (Wildman–Crippen LogP) is 5.33. The lowest BCUT2D eigenvalue weighted by molar-refractivity contribution is 0.0696. The molecular formula is C22H23NO2. The van der Waals surface area contributed by atoms with Crippen molar-refractivity contribution in [3.63, 3.8) is 0 Å². The molecule has 0 saturated carbocycles. The molecule has 0 bridgehead atoms. The highest BCUT2D eigenvalue weighted by atomic mass is 16.4. The van der Waals surface area contributed by atoms with Crippen LogP contribution >= 0.6 is 0 Å². The second-order valence-electron chi connectivity index (χ2n) is 7.40. The van der Waals surface area contributed by atoms with E-state index < -0.39 is 5.97 Å². The van der Waals surface area contributed by atoms with Crippen LogP contribution in [0, 0.1) is 5.92 Å². The maximum Gasteiger partial charge on any atom is 0.335 e. The highest BCUT2D eigenvalue weighted by Crippen LogP contribution is 2.50. The van der Waals surface area contributed by atoms with Crippen LogP contribution in [0.3, 0.4) is 0 Å². The third-order valence-corrected chi connectivity index (χ3v) is 5.57. The zero-order chi connectivity index (χ0) is 17.6. The molecule has 2 aromatic rings. The van der Waals surface area contributed by atoms with Crippen molar-refractivity contribution in [2.24, 2.45) is 5.92 Å². The molecule has 1 heterocycles. The van der Waals surface area contributed by atoms with Gasteiger partial charge in [0.05, 0.1) is 11.6 Å². The van der Waals surface area contributed by atoms with E-state index in [0.29, 0.717) is 17.4 Å². The van der Waals surface area contributed by atoms with Crippen molar-refractivity contribution in [1.29, 1.82) is 0 Å². The lowest BCUT2D eigenvalue weighted by atomic mass is 9.76. The van der Waals surface area contributed by atoms with Crippen molar-refractivity contribution in [2.45, 2.75) is 38.1 Å². The van der Waals surface area contributed by atoms with Gasteiger partial charge in [-0.15, -0.1) is 0 Å². The summed E-state index contributed by atoms with van der Waals surface area (Å²) in [5.74, 6) is 0.379. The maximum atomic E-state index is 11.3. The summed E-state index contributed by atoms with van der Waals surface area (Å²) in [6, 6.07) is 14.6. The van der Waals surface area contributed by atoms with E-state index in [0.717, 1.165) is 17.7 Å². The van der Waals surface area contributed by atoms with Gasteiger partial charge in [-0.25, -0.2) is 4.79 Å². The molecule has 0 radical (unpaired) electrons. The quantitative estimate of drug-likeness (QED) is 0.746. The zero-order valence-electron chi connectivity index (χ0n) is 14.6. The Bertz CT molecular complexity index is 836. The largest absolute Gasteiger partial charge is 0.478 e. The van der Waals surface area contributed by atoms with Gasteiger partial charge in [-0.1, -0.05) is 50.3 Å². The molecule has 3 atom stereocenters. The van der Waals surface area contributed by atoms with E-state index in [9.17, 15) is 9.90 Å². The summed E-state index contributed by atoms with van der Waals surface area (Å²) in [7, 11) is 0. The second kappa shape index (κ2) is 6.07. The number of aromatic carboxylic acids is 1. The number of carboxylic acid groups (broad SMARTS) is 1. The SMILES string of the molecule is CC(C)c1ccc([C@@H]2Nc3ccc(C(=O)O)cc3[C@@H]3C=CC[C@@H]32)cc1. The van der Waals surface area contributed by atoms with Gasteiger partial charge in [0.25, 0.3) is 0 Å². The summed E-state index contributed by atoms with van der Waals surface area (Å²) >= 11 is 0. The normalized spacial score (nSPS) is 23.9. The molecule has 25 heavy (non-hydrogen) atoms. The number of allylic oxidation sites excluding steroid dienone is 2. The fourth-order valence-electron chi connectivity index (χ4n) is 4.15. The Morgan fingerprint density at radius 2 is 1.92 bits per heavy atom. The Balaban J connectivity index is 1.71. The number of fused-ring (bicyclic) bond motifs is 3. The molecule has 1 aliphatic heterocycles. The Kier molecular flexibility index (Phi) is 3.87. The minimum Gasteiger partial charge on any atom is -0.478 e. The monoisotopic (exact) mass is 333 g/mol. The highest BCUT2D eigenvalue weighted by molar-refractivity contribution is 5.89. The van der Waals surface area contributed by atoms with E-state index in [1.54, 1.807) is 6.07 Å². The summed E-state index contributed by atoms with van der Waals surface area (Å²) in [5.41, 5.74) is 5.17. The fraction of sp³-hybridized carbons (Fsp3) is 0.318. The maximum absolute atomic E-state index is 11.3. The van der Waals surface area contributed by atoms with Crippen LogP contribution in [0.15, 0.2) is 54.6 Å². The first-order valence-corrected chi connectivity index (χ1v) is 8.95. The van der Waals surface area contributed by atoms with Crippen molar-refractivity contribution < 1.29 is 9.90 Å². The molecule has 2 N–H and O–H groups in total. The Hall–Kier alpha value is -2.55. The van der Waals surface area contributed by atoms with Crippen LogP contribution in [-0.4, -0.2) is 11.1 Å². The van der Waals surface area contributed by atoms with Crippen molar-refractivity contribution in [1.82, 2.24) is 0 Å². The van der Waals surface area contributed by atoms with Gasteiger partial charge in [-0.05, 0) is 53.1 Å². The van der Waals surface area contributed by atoms with E-state index in [1.807, 2.05) is 12.1 Å². The number of hydrogen-bond acceptors (Lipinski definition) is 2. The summed E-state index contributed by atoms with van der Waals surface area (Å²) in [6.45, 7) is 4.42. The van der Waals surface area contributed by atoms with Crippen molar-refractivity contribution in [3.05, 3.63) is 76.9 Å². The lowest BCUT2D eigenvalue weighted by Gasteiger charge is -2.37. The number of hydrogen-bond donors (Lipinski definition) is 2. The Labute approximate surface area is 148 Å². The first-order chi connectivity index (χ1) is 12.0. The number of carbonyl (C=O) groups is 1. The van der Waals surface area contributed by atoms with Crippen molar-refractivity contribution in [3.8, 4) is 0 Å². The summed E-state index contributed by atoms with van der Waals surface area (Å²) in [4.78, 5) is 11.3. The van der Waals surface area contributed by atoms with E-state index >= 15 is 0 Å². The fourth-order valence-corrected chi connectivity index (χ4v) is 4.15. The lowest BCUT2D eigenvalue weighted by Crippen LogP contribution is -2.29. The molecule has 4 rings (SSSR count). The van der Waals surface area contributed by atoms with Crippen LogP contribution in [-0.2, 0) is 0 Å². The van der Waals surface area contributed by atoms with Gasteiger partial charge < -0.3 is 10.4 Å². The van der Waals surface area contributed by atoms with E-state index in [-0.39, 0.29) is 12.0 Å². The zero-order valence-corrected chi connectivity index (χ0v) is 14.6. The molecule has 2 aromatic carbocycles. The van der Waals surface area contributed by atoms with Crippen LogP contribution in [0.1, 0.15) is 65.2 Å². The van der Waals surface area contributed by atoms with Crippen molar-refractivity contribution in [2.75, 3.05) is 5.32 Å². The third kappa shape index (κ3) is 2.74. The van der Waals surface area contributed by atoms with E-state index in [1.165, 1.54) is 11.1 Å². The van der Waals surface area contributed by atoms with Crippen LogP contribution in [0.5, 0.6) is 0 Å².